The standard InChI is InChI=1S/C17H21N3O4S/c1-4-24-17(23)10-6-5-7-11-13(10)14-15(25-11)19-9(2)20(16(14)22)8-12(21)18-3/h10H,4-8H2,1-3H3,(H,18,21). The minimum Gasteiger partial charge on any atom is -0.466 e. The summed E-state index contributed by atoms with van der Waals surface area (Å²) in [4.78, 5) is 43.4. The van der Waals surface area contributed by atoms with Gasteiger partial charge in [0.25, 0.3) is 5.56 Å². The highest BCUT2D eigenvalue weighted by molar-refractivity contribution is 7.18. The van der Waals surface area contributed by atoms with E-state index in [4.69, 9.17) is 4.74 Å². The predicted octanol–water partition coefficient (Wildman–Crippen LogP) is 1.50. The number of nitrogens with one attached hydrogen (secondary N) is 1. The molecule has 0 saturated carbocycles. The van der Waals surface area contributed by atoms with Gasteiger partial charge in [-0.25, -0.2) is 4.98 Å². The van der Waals surface area contributed by atoms with Gasteiger partial charge in [-0.2, -0.15) is 0 Å². The third kappa shape index (κ3) is 3.06. The van der Waals surface area contributed by atoms with E-state index in [2.05, 4.69) is 10.3 Å². The number of carbonyl (C=O) groups excluding carboxylic acids is 2. The van der Waals surface area contributed by atoms with Crippen molar-refractivity contribution in [2.24, 2.45) is 0 Å². The summed E-state index contributed by atoms with van der Waals surface area (Å²) in [7, 11) is 1.53. The second-order valence-electron chi connectivity index (χ2n) is 6.04. The van der Waals surface area contributed by atoms with E-state index in [1.54, 1.807) is 13.8 Å². The van der Waals surface area contributed by atoms with Crippen molar-refractivity contribution in [1.82, 2.24) is 14.9 Å². The van der Waals surface area contributed by atoms with Crippen molar-refractivity contribution >= 4 is 33.4 Å². The third-order valence-electron chi connectivity index (χ3n) is 4.51. The summed E-state index contributed by atoms with van der Waals surface area (Å²) in [6, 6.07) is 0. The number of amides is 1. The quantitative estimate of drug-likeness (QED) is 0.832. The molecule has 0 spiro atoms. The highest BCUT2D eigenvalue weighted by atomic mass is 32.1. The zero-order chi connectivity index (χ0) is 18.1. The molecule has 0 bridgehead atoms. The van der Waals surface area contributed by atoms with Crippen LogP contribution in [0.4, 0.5) is 0 Å². The van der Waals surface area contributed by atoms with Gasteiger partial charge >= 0.3 is 5.97 Å². The first-order valence-corrected chi connectivity index (χ1v) is 9.19. The molecule has 1 aliphatic rings. The molecule has 0 saturated heterocycles. The SMILES string of the molecule is CCOC(=O)C1CCCc2sc3nc(C)n(CC(=O)NC)c(=O)c3c21. The van der Waals surface area contributed by atoms with Crippen LogP contribution in [0.2, 0.25) is 0 Å². The zero-order valence-corrected chi connectivity index (χ0v) is 15.4. The maximum Gasteiger partial charge on any atom is 0.313 e. The van der Waals surface area contributed by atoms with Gasteiger partial charge in [-0.3, -0.25) is 19.0 Å². The Kier molecular flexibility index (Phi) is 4.89. The van der Waals surface area contributed by atoms with Crippen LogP contribution in [-0.4, -0.2) is 35.1 Å². The average Bonchev–Trinajstić information content (AvgIpc) is 2.96. The van der Waals surface area contributed by atoms with E-state index in [9.17, 15) is 14.4 Å². The van der Waals surface area contributed by atoms with Crippen molar-refractivity contribution in [3.63, 3.8) is 0 Å². The second kappa shape index (κ2) is 6.95. The molecule has 0 fully saturated rings. The Balaban J connectivity index is 2.20. The first-order valence-electron chi connectivity index (χ1n) is 8.37. The normalized spacial score (nSPS) is 16.5. The van der Waals surface area contributed by atoms with E-state index >= 15 is 0 Å². The van der Waals surface area contributed by atoms with Gasteiger partial charge in [-0.05, 0) is 38.7 Å². The van der Waals surface area contributed by atoms with Crippen molar-refractivity contribution in [3.8, 4) is 0 Å². The molecule has 3 rings (SSSR count). The Labute approximate surface area is 149 Å². The first-order chi connectivity index (χ1) is 12.0. The minimum absolute atomic E-state index is 0.0845. The molecule has 8 heteroatoms. The lowest BCUT2D eigenvalue weighted by molar-refractivity contribution is -0.145. The Bertz CT molecular complexity index is 899. The minimum atomic E-state index is -0.428. The molecule has 2 aromatic heterocycles. The number of nitrogens with zero attached hydrogens (tertiary/aromatic N) is 2. The molecule has 134 valence electrons. The maximum atomic E-state index is 13.1. The molecular weight excluding hydrogens is 342 g/mol. The molecule has 1 aliphatic carbocycles. The Morgan fingerprint density at radius 3 is 2.88 bits per heavy atom. The number of thiophene rings is 1. The number of hydrogen-bond donors (Lipinski definition) is 1. The molecule has 0 radical (unpaired) electrons. The van der Waals surface area contributed by atoms with Crippen molar-refractivity contribution in [2.45, 2.75) is 45.6 Å². The van der Waals surface area contributed by atoms with Gasteiger partial charge in [-0.15, -0.1) is 11.3 Å². The van der Waals surface area contributed by atoms with Gasteiger partial charge in [0.05, 0.1) is 17.9 Å². The van der Waals surface area contributed by atoms with Crippen molar-refractivity contribution < 1.29 is 14.3 Å². The summed E-state index contributed by atoms with van der Waals surface area (Å²) < 4.78 is 6.57. The maximum absolute atomic E-state index is 13.1. The molecule has 0 aliphatic heterocycles. The molecule has 1 N–H and O–H groups in total. The lowest BCUT2D eigenvalue weighted by atomic mass is 9.86. The molecule has 0 aromatic carbocycles. The smallest absolute Gasteiger partial charge is 0.313 e. The zero-order valence-electron chi connectivity index (χ0n) is 14.5. The number of likely N-dealkylation sites (N-methyl/N-ethyl adjacent to an activating group) is 1. The van der Waals surface area contributed by atoms with Crippen LogP contribution >= 0.6 is 11.3 Å². The van der Waals surface area contributed by atoms with E-state index < -0.39 is 5.92 Å². The van der Waals surface area contributed by atoms with Crippen molar-refractivity contribution in [1.29, 1.82) is 0 Å². The van der Waals surface area contributed by atoms with E-state index in [0.717, 1.165) is 23.3 Å². The molecule has 1 amide bonds. The van der Waals surface area contributed by atoms with Gasteiger partial charge in [0, 0.05) is 11.9 Å². The van der Waals surface area contributed by atoms with Gasteiger partial charge in [0.2, 0.25) is 5.91 Å². The molecule has 7 nitrogen and oxygen atoms in total. The highest BCUT2D eigenvalue weighted by Crippen LogP contribution is 2.41. The fourth-order valence-electron chi connectivity index (χ4n) is 3.30. The van der Waals surface area contributed by atoms with E-state index in [1.165, 1.54) is 23.0 Å². The molecular formula is C17H21N3O4S. The number of carbonyl (C=O) groups is 2. The van der Waals surface area contributed by atoms with Crippen LogP contribution in [0.5, 0.6) is 0 Å². The molecule has 2 aromatic rings. The monoisotopic (exact) mass is 363 g/mol. The second-order valence-corrected chi connectivity index (χ2v) is 7.12. The summed E-state index contributed by atoms with van der Waals surface area (Å²) in [5, 5.41) is 2.98. The Hall–Kier alpha value is -2.22. The van der Waals surface area contributed by atoms with E-state index in [0.29, 0.717) is 29.1 Å². The summed E-state index contributed by atoms with van der Waals surface area (Å²) in [5.74, 6) is -0.492. The summed E-state index contributed by atoms with van der Waals surface area (Å²) in [6.07, 6.45) is 2.38. The number of hydrogen-bond acceptors (Lipinski definition) is 6. The summed E-state index contributed by atoms with van der Waals surface area (Å²) >= 11 is 1.47. The van der Waals surface area contributed by atoms with Crippen molar-refractivity contribution in [3.05, 3.63) is 26.6 Å². The van der Waals surface area contributed by atoms with Crippen LogP contribution in [0.15, 0.2) is 4.79 Å². The fraction of sp³-hybridized carbons (Fsp3) is 0.529. The van der Waals surface area contributed by atoms with Crippen LogP contribution in [0, 0.1) is 6.92 Å². The third-order valence-corrected chi connectivity index (χ3v) is 5.67. The number of aromatic nitrogens is 2. The molecule has 1 atom stereocenters. The van der Waals surface area contributed by atoms with Crippen molar-refractivity contribution in [2.75, 3.05) is 13.7 Å². The number of esters is 1. The topological polar surface area (TPSA) is 90.3 Å². The average molecular weight is 363 g/mol. The van der Waals surface area contributed by atoms with Crippen LogP contribution in [0.3, 0.4) is 0 Å². The Morgan fingerprint density at radius 2 is 2.20 bits per heavy atom. The first kappa shape index (κ1) is 17.6. The molecule has 2 heterocycles. The van der Waals surface area contributed by atoms with Gasteiger partial charge in [0.15, 0.2) is 0 Å². The van der Waals surface area contributed by atoms with Crippen LogP contribution < -0.4 is 10.9 Å². The van der Waals surface area contributed by atoms with E-state index in [1.807, 2.05) is 0 Å². The molecule has 25 heavy (non-hydrogen) atoms. The predicted molar refractivity (Wildman–Crippen MR) is 95.0 cm³/mol. The van der Waals surface area contributed by atoms with Crippen LogP contribution in [0.25, 0.3) is 10.2 Å². The number of fused-ring (bicyclic) bond motifs is 3. The summed E-state index contributed by atoms with van der Waals surface area (Å²) in [5.41, 5.74) is 0.493. The number of ether oxygens (including phenoxy) is 1. The lowest BCUT2D eigenvalue weighted by Gasteiger charge is -2.21. The number of aryl methyl sites for hydroxylation is 2. The fourth-order valence-corrected chi connectivity index (χ4v) is 4.62. The largest absolute Gasteiger partial charge is 0.466 e. The van der Waals surface area contributed by atoms with Gasteiger partial charge in [-0.1, -0.05) is 0 Å². The highest BCUT2D eigenvalue weighted by Gasteiger charge is 2.33. The Morgan fingerprint density at radius 1 is 1.44 bits per heavy atom. The van der Waals surface area contributed by atoms with Gasteiger partial charge < -0.3 is 10.1 Å². The van der Waals surface area contributed by atoms with Gasteiger partial charge in [0.1, 0.15) is 17.2 Å². The van der Waals surface area contributed by atoms with Crippen LogP contribution in [0.1, 0.15) is 41.9 Å². The van der Waals surface area contributed by atoms with E-state index in [-0.39, 0.29) is 24.0 Å². The summed E-state index contributed by atoms with van der Waals surface area (Å²) in [6.45, 7) is 3.71. The van der Waals surface area contributed by atoms with Crippen LogP contribution in [-0.2, 0) is 27.3 Å². The number of rotatable bonds is 4. The molecule has 1 unspecified atom stereocenters. The lowest BCUT2D eigenvalue weighted by Crippen LogP contribution is -2.32.